The van der Waals surface area contributed by atoms with E-state index in [1.54, 1.807) is 6.92 Å². The molecule has 0 saturated heterocycles. The lowest BCUT2D eigenvalue weighted by atomic mass is 9.80. The van der Waals surface area contributed by atoms with Gasteiger partial charge in [-0.25, -0.2) is 0 Å². The molecule has 2 aromatic rings. The van der Waals surface area contributed by atoms with Crippen LogP contribution in [0.25, 0.3) is 0 Å². The Kier molecular flexibility index (Phi) is 4.98. The summed E-state index contributed by atoms with van der Waals surface area (Å²) in [5, 5.41) is 51.6. The summed E-state index contributed by atoms with van der Waals surface area (Å²) in [6.45, 7) is 4.55. The molecule has 0 spiro atoms. The van der Waals surface area contributed by atoms with Crippen LogP contribution in [0.1, 0.15) is 69.3 Å². The Morgan fingerprint density at radius 2 is 1.79 bits per heavy atom. The quantitative estimate of drug-likeness (QED) is 0.426. The second-order valence-corrected chi connectivity index (χ2v) is 7.36. The Morgan fingerprint density at radius 3 is 2.41 bits per heavy atom. The van der Waals surface area contributed by atoms with Gasteiger partial charge in [0.25, 0.3) is 0 Å². The van der Waals surface area contributed by atoms with Gasteiger partial charge in [0.15, 0.2) is 5.78 Å². The first kappa shape index (κ1) is 20.6. The number of aliphatic hydroxyl groups is 3. The van der Waals surface area contributed by atoms with E-state index in [4.69, 9.17) is 0 Å². The third-order valence-electron chi connectivity index (χ3n) is 5.38. The molecule has 2 aromatic carbocycles. The van der Waals surface area contributed by atoms with Gasteiger partial charge in [-0.1, -0.05) is 19.1 Å². The van der Waals surface area contributed by atoms with E-state index in [0.717, 1.165) is 6.08 Å². The summed E-state index contributed by atoms with van der Waals surface area (Å²) in [4.78, 5) is 25.8. The van der Waals surface area contributed by atoms with Gasteiger partial charge in [-0.15, -0.1) is 0 Å². The summed E-state index contributed by atoms with van der Waals surface area (Å²) in [5.74, 6) is -2.76. The highest BCUT2D eigenvalue weighted by Crippen LogP contribution is 2.41. The number of aliphatic hydroxyl groups excluding tert-OH is 2. The lowest BCUT2D eigenvalue weighted by Crippen LogP contribution is -2.26. The molecule has 0 saturated carbocycles. The second-order valence-electron chi connectivity index (χ2n) is 7.36. The normalized spacial score (nSPS) is 16.8. The average molecular weight is 398 g/mol. The van der Waals surface area contributed by atoms with Gasteiger partial charge in [0.1, 0.15) is 29.0 Å². The van der Waals surface area contributed by atoms with Crippen molar-refractivity contribution >= 4 is 11.6 Å². The molecule has 2 atom stereocenters. The molecule has 0 radical (unpaired) electrons. The van der Waals surface area contributed by atoms with E-state index < -0.39 is 34.8 Å². The van der Waals surface area contributed by atoms with Crippen molar-refractivity contribution in [3.8, 4) is 11.5 Å². The molecular formula is C22H22O7. The number of carbonyl (C=O) groups is 2. The molecule has 1 aliphatic rings. The highest BCUT2D eigenvalue weighted by molar-refractivity contribution is 6.30. The van der Waals surface area contributed by atoms with Crippen LogP contribution in [0.3, 0.4) is 0 Å². The predicted octanol–water partition coefficient (Wildman–Crippen LogP) is 2.82. The molecule has 152 valence electrons. The summed E-state index contributed by atoms with van der Waals surface area (Å²) < 4.78 is 0. The average Bonchev–Trinajstić information content (AvgIpc) is 2.65. The number of carbonyl (C=O) groups excluding carboxylic acids is 2. The maximum Gasteiger partial charge on any atom is 0.201 e. The minimum Gasteiger partial charge on any atom is -0.509 e. The summed E-state index contributed by atoms with van der Waals surface area (Å²) in [5.41, 5.74) is -1.87. The number of phenols is 2. The number of hydrogen-bond acceptors (Lipinski definition) is 7. The Balaban J connectivity index is 2.19. The van der Waals surface area contributed by atoms with Crippen LogP contribution in [-0.4, -0.2) is 42.7 Å². The van der Waals surface area contributed by atoms with E-state index in [1.807, 2.05) is 0 Å². The van der Waals surface area contributed by atoms with Crippen LogP contribution in [0.4, 0.5) is 0 Å². The summed E-state index contributed by atoms with van der Waals surface area (Å²) in [7, 11) is 0. The van der Waals surface area contributed by atoms with Gasteiger partial charge >= 0.3 is 0 Å². The third-order valence-corrected chi connectivity index (χ3v) is 5.38. The molecule has 29 heavy (non-hydrogen) atoms. The molecular weight excluding hydrogens is 376 g/mol. The Bertz CT molecular complexity index is 1060. The molecule has 0 aliphatic heterocycles. The Morgan fingerprint density at radius 1 is 1.14 bits per heavy atom. The van der Waals surface area contributed by atoms with Gasteiger partial charge in [-0.05, 0) is 44.0 Å². The highest BCUT2D eigenvalue weighted by Gasteiger charge is 2.36. The summed E-state index contributed by atoms with van der Waals surface area (Å²) in [6.07, 6.45) is -0.398. The number of benzene rings is 2. The van der Waals surface area contributed by atoms with Crippen molar-refractivity contribution in [1.82, 2.24) is 0 Å². The lowest BCUT2D eigenvalue weighted by molar-refractivity contribution is 0.0460. The van der Waals surface area contributed by atoms with Crippen LogP contribution < -0.4 is 0 Å². The van der Waals surface area contributed by atoms with Crippen molar-refractivity contribution in [2.45, 2.75) is 38.9 Å². The van der Waals surface area contributed by atoms with Crippen molar-refractivity contribution in [2.24, 2.45) is 0 Å². The molecule has 5 N–H and O–H groups in total. The largest absolute Gasteiger partial charge is 0.509 e. The third kappa shape index (κ3) is 3.18. The molecule has 0 bridgehead atoms. The van der Waals surface area contributed by atoms with Crippen LogP contribution in [-0.2, 0) is 0 Å². The smallest absolute Gasteiger partial charge is 0.201 e. The number of ketones is 2. The lowest BCUT2D eigenvalue weighted by Gasteiger charge is -2.24. The molecule has 0 unspecified atom stereocenters. The van der Waals surface area contributed by atoms with Gasteiger partial charge in [0.2, 0.25) is 5.78 Å². The number of phenolic OH excluding ortho intramolecular Hbond substituents is 2. The van der Waals surface area contributed by atoms with Crippen LogP contribution in [0.2, 0.25) is 0 Å². The zero-order chi connectivity index (χ0) is 21.7. The monoisotopic (exact) mass is 398 g/mol. The standard InChI is InChI=1S/C22H22O7/c1-4-22(3,29)15(25)9-14(24)16-10(2)8-12-18(20(16)27)21(28)17-11(19(12)26)6-5-7-13(17)23/h5-9,14,23-25,27,29H,4H2,1-3H3/b15-9-/t14-,22-/m1/s1. The van der Waals surface area contributed by atoms with E-state index in [0.29, 0.717) is 5.56 Å². The maximum atomic E-state index is 13.0. The van der Waals surface area contributed by atoms with Crippen LogP contribution in [0, 0.1) is 6.92 Å². The fraction of sp³-hybridized carbons (Fsp3) is 0.273. The van der Waals surface area contributed by atoms with Crippen molar-refractivity contribution in [2.75, 3.05) is 0 Å². The fourth-order valence-electron chi connectivity index (χ4n) is 3.43. The number of rotatable bonds is 4. The van der Waals surface area contributed by atoms with E-state index in [-0.39, 0.29) is 40.0 Å². The molecule has 7 heteroatoms. The number of fused-ring (bicyclic) bond motifs is 2. The van der Waals surface area contributed by atoms with Gasteiger partial charge in [0.05, 0.1) is 11.1 Å². The second kappa shape index (κ2) is 7.02. The van der Waals surface area contributed by atoms with E-state index in [9.17, 15) is 35.1 Å². The molecule has 0 fully saturated rings. The maximum absolute atomic E-state index is 13.0. The minimum atomic E-state index is -1.57. The highest BCUT2D eigenvalue weighted by atomic mass is 16.3. The first-order valence-corrected chi connectivity index (χ1v) is 9.10. The number of aromatic hydroxyl groups is 2. The first-order chi connectivity index (χ1) is 13.5. The number of aryl methyl sites for hydroxylation is 1. The van der Waals surface area contributed by atoms with Gasteiger partial charge in [-0.3, -0.25) is 9.59 Å². The van der Waals surface area contributed by atoms with Crippen molar-refractivity contribution in [3.05, 3.63) is 69.5 Å². The van der Waals surface area contributed by atoms with Gasteiger partial charge in [0, 0.05) is 16.7 Å². The topological polar surface area (TPSA) is 135 Å². The van der Waals surface area contributed by atoms with Gasteiger partial charge < -0.3 is 25.5 Å². The van der Waals surface area contributed by atoms with E-state index in [1.165, 1.54) is 38.1 Å². The zero-order valence-electron chi connectivity index (χ0n) is 16.2. The minimum absolute atomic E-state index is 0.0335. The molecule has 3 rings (SSSR count). The first-order valence-electron chi connectivity index (χ1n) is 9.10. The van der Waals surface area contributed by atoms with Gasteiger partial charge in [-0.2, -0.15) is 0 Å². The predicted molar refractivity (Wildman–Crippen MR) is 104 cm³/mol. The Hall–Kier alpha value is -3.16. The van der Waals surface area contributed by atoms with Crippen molar-refractivity contribution in [1.29, 1.82) is 0 Å². The van der Waals surface area contributed by atoms with Crippen LogP contribution in [0.15, 0.2) is 36.1 Å². The van der Waals surface area contributed by atoms with Crippen LogP contribution in [0.5, 0.6) is 11.5 Å². The Labute approximate surface area is 167 Å². The zero-order valence-corrected chi connectivity index (χ0v) is 16.2. The molecule has 0 amide bonds. The van der Waals surface area contributed by atoms with Crippen molar-refractivity contribution in [3.63, 3.8) is 0 Å². The fourth-order valence-corrected chi connectivity index (χ4v) is 3.43. The van der Waals surface area contributed by atoms with Crippen molar-refractivity contribution < 1.29 is 35.1 Å². The molecule has 7 nitrogen and oxygen atoms in total. The molecule has 0 aromatic heterocycles. The number of hydrogen-bond donors (Lipinski definition) is 5. The summed E-state index contributed by atoms with van der Waals surface area (Å²) >= 11 is 0. The molecule has 0 heterocycles. The van der Waals surface area contributed by atoms with Crippen LogP contribution >= 0.6 is 0 Å². The van der Waals surface area contributed by atoms with E-state index >= 15 is 0 Å². The summed E-state index contributed by atoms with van der Waals surface area (Å²) in [6, 6.07) is 5.51. The SMILES string of the molecule is CC[C@@](C)(O)/C(O)=C/[C@@H](O)c1c(C)cc2c(c1O)C(=O)c1c(O)cccc1C2=O. The molecule has 1 aliphatic carbocycles. The van der Waals surface area contributed by atoms with E-state index in [2.05, 4.69) is 0 Å².